The Bertz CT molecular complexity index is 4600. The van der Waals surface area contributed by atoms with Crippen molar-refractivity contribution in [2.24, 2.45) is 0 Å². The molecule has 12 aromatic rings. The molecule has 0 bridgehead atoms. The van der Waals surface area contributed by atoms with Gasteiger partial charge in [-0.25, -0.2) is 9.69 Å². The van der Waals surface area contributed by atoms with Gasteiger partial charge in [-0.15, -0.1) is 0 Å². The number of alkyl halides is 6. The van der Waals surface area contributed by atoms with Crippen LogP contribution in [0.3, 0.4) is 0 Å². The van der Waals surface area contributed by atoms with Gasteiger partial charge in [-0.3, -0.25) is 0 Å². The smallest absolute Gasteiger partial charge is 0.309 e. The van der Waals surface area contributed by atoms with E-state index in [4.69, 9.17) is 13.1 Å². The zero-order valence-electron chi connectivity index (χ0n) is 41.5. The minimum Gasteiger partial charge on any atom is -0.309 e. The summed E-state index contributed by atoms with van der Waals surface area (Å²) in [5.74, 6) is 0. The van der Waals surface area contributed by atoms with Gasteiger partial charge >= 0.3 is 12.4 Å². The van der Waals surface area contributed by atoms with Crippen LogP contribution >= 0.6 is 0 Å². The fraction of sp³-hybridized carbons (Fsp3) is 0.0299. The third kappa shape index (κ3) is 8.57. The Kier molecular flexibility index (Phi) is 11.9. The number of nitrogens with zero attached hydrogens (tertiary/aromatic N) is 7. The number of nitriles is 3. The topological polar surface area (TPSA) is 89.9 Å². The lowest BCUT2D eigenvalue weighted by Crippen LogP contribution is -2.13. The van der Waals surface area contributed by atoms with Gasteiger partial charge in [0.2, 0.25) is 0 Å². The molecule has 0 saturated carbocycles. The van der Waals surface area contributed by atoms with E-state index in [9.17, 15) is 29.0 Å². The third-order valence-electron chi connectivity index (χ3n) is 14.5. The summed E-state index contributed by atoms with van der Waals surface area (Å²) in [4.78, 5) is 7.22. The predicted octanol–water partition coefficient (Wildman–Crippen LogP) is 19.0. The number of benzene rings is 10. The highest BCUT2D eigenvalue weighted by molar-refractivity contribution is 6.14. The molecule has 0 aliphatic rings. The molecule has 0 spiro atoms. The molecule has 0 N–H and O–H groups in total. The Morgan fingerprint density at radius 1 is 0.362 bits per heavy atom. The second-order valence-electron chi connectivity index (χ2n) is 19.1. The Labute approximate surface area is 452 Å². The summed E-state index contributed by atoms with van der Waals surface area (Å²) in [6, 6.07) is 61.5. The van der Waals surface area contributed by atoms with Gasteiger partial charge < -0.3 is 9.13 Å². The molecule has 0 saturated heterocycles. The highest BCUT2D eigenvalue weighted by Crippen LogP contribution is 2.48. The SMILES string of the molecule is [C-]#[N+]c1cccc(-c2ccc3c(c2)c2cc(-c4cccc(C#N)c4)ccc2n3-c2cc(-c3ccc(C(F)(F)F)cc3C(F)(F)F)c(-n3c4ccc(-c5cccc(C#N)c5)cc4c4cc(-c5cccc([N+]#[C-])c5)ccc43)cc2C#N)c1. The molecule has 0 atom stereocenters. The summed E-state index contributed by atoms with van der Waals surface area (Å²) in [6.07, 6.45) is -10.4. The van der Waals surface area contributed by atoms with Gasteiger partial charge in [-0.2, -0.15) is 42.1 Å². The summed E-state index contributed by atoms with van der Waals surface area (Å²) in [5, 5.41) is 33.6. The summed E-state index contributed by atoms with van der Waals surface area (Å²) < 4.78 is 93.9. The predicted molar refractivity (Wildman–Crippen MR) is 299 cm³/mol. The minimum atomic E-state index is -5.31. The molecule has 0 fully saturated rings. The Balaban J connectivity index is 1.19. The van der Waals surface area contributed by atoms with Gasteiger partial charge in [0.25, 0.3) is 0 Å². The van der Waals surface area contributed by atoms with E-state index in [1.165, 1.54) is 12.1 Å². The number of fused-ring (bicyclic) bond motifs is 6. The fourth-order valence-corrected chi connectivity index (χ4v) is 10.8. The molecule has 0 unspecified atom stereocenters. The molecule has 0 aliphatic heterocycles. The average Bonchev–Trinajstić information content (AvgIpc) is 4.10. The maximum Gasteiger partial charge on any atom is 0.417 e. The Hall–Kier alpha value is -11.2. The van der Waals surface area contributed by atoms with Crippen molar-refractivity contribution in [2.75, 3.05) is 0 Å². The quantitative estimate of drug-likeness (QED) is 0.118. The van der Waals surface area contributed by atoms with Crippen LogP contribution in [0.25, 0.3) is 120 Å². The van der Waals surface area contributed by atoms with E-state index in [0.29, 0.717) is 94.4 Å². The molecule has 2 heterocycles. The molecule has 2 aromatic heterocycles. The third-order valence-corrected chi connectivity index (χ3v) is 14.5. The standard InChI is InChI=1S/C67H33F6N7/c1-77-51-13-5-11-43(27-51)47-17-22-61-55(31-47)54-29-45(41-9-3-7-39(25-41)36-74)15-21-60(54)79(61)64-35-58(53-20-19-50(66(68,69)70)34-59(53)67(71,72)73)65(33-49(64)38-76)80-62-23-16-46(42-10-4-8-40(26-42)37-75)30-56(62)57-32-48(18-24-63(57)80)44-12-6-14-52(28-44)78-2/h3-35H. The fourth-order valence-electron chi connectivity index (χ4n) is 10.8. The average molecular weight is 1050 g/mol. The van der Waals surface area contributed by atoms with Crippen molar-refractivity contribution < 1.29 is 26.3 Å². The molecule has 80 heavy (non-hydrogen) atoms. The van der Waals surface area contributed by atoms with Gasteiger partial charge in [0.05, 0.1) is 86.5 Å². The molecule has 10 aromatic carbocycles. The van der Waals surface area contributed by atoms with E-state index in [2.05, 4.69) is 27.9 Å². The van der Waals surface area contributed by atoms with Crippen molar-refractivity contribution in [1.29, 1.82) is 15.8 Å². The van der Waals surface area contributed by atoms with Crippen LogP contribution in [0.5, 0.6) is 0 Å². The summed E-state index contributed by atoms with van der Waals surface area (Å²) in [6.45, 7) is 15.3. The number of hydrogen-bond acceptors (Lipinski definition) is 3. The largest absolute Gasteiger partial charge is 0.417 e. The number of aromatic nitrogens is 2. The van der Waals surface area contributed by atoms with E-state index >= 15 is 13.2 Å². The first-order chi connectivity index (χ1) is 38.7. The first-order valence-electron chi connectivity index (χ1n) is 24.7. The second-order valence-corrected chi connectivity index (χ2v) is 19.1. The summed E-state index contributed by atoms with van der Waals surface area (Å²) in [7, 11) is 0. The van der Waals surface area contributed by atoms with Crippen molar-refractivity contribution in [2.45, 2.75) is 12.4 Å². The van der Waals surface area contributed by atoms with Crippen LogP contribution in [0.15, 0.2) is 200 Å². The van der Waals surface area contributed by atoms with Crippen LogP contribution in [0.1, 0.15) is 27.8 Å². The maximum absolute atomic E-state index is 15.7. The molecule has 0 aliphatic carbocycles. The highest BCUT2D eigenvalue weighted by Gasteiger charge is 2.39. The van der Waals surface area contributed by atoms with Crippen LogP contribution < -0.4 is 0 Å². The first-order valence-corrected chi connectivity index (χ1v) is 24.7. The molecule has 378 valence electrons. The molecule has 7 nitrogen and oxygen atoms in total. The highest BCUT2D eigenvalue weighted by atomic mass is 19.4. The van der Waals surface area contributed by atoms with Gasteiger partial charge in [0.1, 0.15) is 6.07 Å². The zero-order chi connectivity index (χ0) is 55.6. The van der Waals surface area contributed by atoms with E-state index in [0.717, 1.165) is 28.3 Å². The van der Waals surface area contributed by atoms with E-state index in [-0.39, 0.29) is 28.6 Å². The van der Waals surface area contributed by atoms with Crippen molar-refractivity contribution in [3.63, 3.8) is 0 Å². The van der Waals surface area contributed by atoms with Gasteiger partial charge in [-0.1, -0.05) is 91.0 Å². The number of halogens is 6. The summed E-state index contributed by atoms with van der Waals surface area (Å²) >= 11 is 0. The maximum atomic E-state index is 15.7. The Morgan fingerprint density at radius 3 is 1.15 bits per heavy atom. The van der Waals surface area contributed by atoms with Crippen molar-refractivity contribution in [1.82, 2.24) is 9.13 Å². The number of rotatable bonds is 7. The van der Waals surface area contributed by atoms with Crippen LogP contribution in [0, 0.1) is 47.1 Å². The normalized spacial score (nSPS) is 11.6. The molecule has 13 heteroatoms. The van der Waals surface area contributed by atoms with E-state index in [1.807, 2.05) is 84.9 Å². The van der Waals surface area contributed by atoms with Crippen molar-refractivity contribution >= 4 is 55.0 Å². The van der Waals surface area contributed by atoms with Gasteiger partial charge in [0.15, 0.2) is 11.4 Å². The summed E-state index contributed by atoms with van der Waals surface area (Å²) in [5.41, 5.74) is 5.89. The number of hydrogen-bond donors (Lipinski definition) is 0. The van der Waals surface area contributed by atoms with E-state index in [1.54, 1.807) is 94.1 Å². The first kappa shape index (κ1) is 49.7. The second kappa shape index (κ2) is 19.1. The van der Waals surface area contributed by atoms with E-state index < -0.39 is 29.0 Å². The van der Waals surface area contributed by atoms with Crippen LogP contribution in [-0.4, -0.2) is 9.13 Å². The lowest BCUT2D eigenvalue weighted by atomic mass is 9.93. The molecule has 12 rings (SSSR count). The molecular formula is C67H33F6N7. The van der Waals surface area contributed by atoms with Gasteiger partial charge in [-0.05, 0) is 159 Å². The van der Waals surface area contributed by atoms with Gasteiger partial charge in [0, 0.05) is 27.1 Å². The van der Waals surface area contributed by atoms with Crippen LogP contribution in [-0.2, 0) is 12.4 Å². The molecular weight excluding hydrogens is 1020 g/mol. The van der Waals surface area contributed by atoms with Crippen molar-refractivity contribution in [3.05, 3.63) is 251 Å². The molecule has 0 radical (unpaired) electrons. The Morgan fingerprint density at radius 2 is 0.762 bits per heavy atom. The van der Waals surface area contributed by atoms with Crippen molar-refractivity contribution in [3.8, 4) is 85.2 Å². The minimum absolute atomic E-state index is 0.00942. The lowest BCUT2D eigenvalue weighted by molar-refractivity contribution is -0.142. The molecule has 0 amide bonds. The zero-order valence-corrected chi connectivity index (χ0v) is 41.5. The van der Waals surface area contributed by atoms with Crippen LogP contribution in [0.4, 0.5) is 37.7 Å². The lowest BCUT2D eigenvalue weighted by Gasteiger charge is -2.22. The monoisotopic (exact) mass is 1050 g/mol. The van der Waals surface area contributed by atoms with Crippen LogP contribution in [0.2, 0.25) is 0 Å².